The second kappa shape index (κ2) is 6.23. The number of fused-ring (bicyclic) bond motifs is 1. The molecule has 0 unspecified atom stereocenters. The Morgan fingerprint density at radius 2 is 1.81 bits per heavy atom. The van der Waals surface area contributed by atoms with E-state index in [1.54, 1.807) is 23.9 Å². The molecule has 1 heterocycles. The smallest absolute Gasteiger partial charge is 0.284 e. The molecule has 1 aromatic carbocycles. The Morgan fingerprint density at radius 1 is 1.19 bits per heavy atom. The fourth-order valence-electron chi connectivity index (χ4n) is 2.50. The lowest BCUT2D eigenvalue weighted by molar-refractivity contribution is 0.466. The van der Waals surface area contributed by atoms with Gasteiger partial charge >= 0.3 is 0 Å². The van der Waals surface area contributed by atoms with E-state index >= 15 is 0 Å². The molecule has 2 rings (SSSR count). The topological polar surface area (TPSA) is 49.7 Å². The highest BCUT2D eigenvalue weighted by Crippen LogP contribution is 2.37. The van der Waals surface area contributed by atoms with E-state index in [0.29, 0.717) is 5.84 Å². The Balaban J connectivity index is 2.80. The molecule has 114 valence electrons. The minimum atomic E-state index is -3.68. The Labute approximate surface area is 131 Å². The van der Waals surface area contributed by atoms with Crippen molar-refractivity contribution in [2.45, 2.75) is 25.7 Å². The summed E-state index contributed by atoms with van der Waals surface area (Å²) in [4.78, 5) is 3.24. The molecule has 0 spiro atoms. The molecule has 1 aromatic rings. The Morgan fingerprint density at radius 3 is 2.38 bits per heavy atom. The lowest BCUT2D eigenvalue weighted by Gasteiger charge is -2.23. The lowest BCUT2D eigenvalue weighted by Crippen LogP contribution is -2.32. The van der Waals surface area contributed by atoms with Crippen LogP contribution in [0.5, 0.6) is 0 Å². The van der Waals surface area contributed by atoms with Crippen LogP contribution in [0, 0.1) is 0 Å². The van der Waals surface area contributed by atoms with Gasteiger partial charge in [-0.3, -0.25) is 0 Å². The lowest BCUT2D eigenvalue weighted by atomic mass is 10.1. The molecule has 0 amide bonds. The van der Waals surface area contributed by atoms with Gasteiger partial charge in [0.05, 0.1) is 4.90 Å². The van der Waals surface area contributed by atoms with Gasteiger partial charge in [-0.1, -0.05) is 18.2 Å². The fourth-order valence-corrected chi connectivity index (χ4v) is 4.63. The second-order valence-electron chi connectivity index (χ2n) is 4.72. The third-order valence-corrected chi connectivity index (χ3v) is 5.82. The van der Waals surface area contributed by atoms with Crippen molar-refractivity contribution in [3.63, 3.8) is 0 Å². The van der Waals surface area contributed by atoms with Crippen LogP contribution < -0.4 is 0 Å². The molecule has 0 saturated heterocycles. The first-order valence-corrected chi connectivity index (χ1v) is 9.57. The van der Waals surface area contributed by atoms with E-state index in [1.807, 2.05) is 44.1 Å². The number of thioether (sulfide) groups is 1. The maximum atomic E-state index is 12.6. The minimum absolute atomic E-state index is 0.288. The summed E-state index contributed by atoms with van der Waals surface area (Å²) in [5.41, 5.74) is 1.66. The Hall–Kier alpha value is -1.27. The summed E-state index contributed by atoms with van der Waals surface area (Å²) < 4.78 is 29.3. The van der Waals surface area contributed by atoms with Gasteiger partial charge in [0.25, 0.3) is 10.0 Å². The van der Waals surface area contributed by atoms with Crippen LogP contribution in [-0.2, 0) is 10.0 Å². The van der Waals surface area contributed by atoms with Crippen LogP contribution in [0.2, 0.25) is 0 Å². The first-order valence-electron chi connectivity index (χ1n) is 6.90. The normalized spacial score (nSPS) is 17.0. The standard InChI is InChI=1S/C15H20N2O2S2/c1-5-17(6-2)15-11(3)14(20-4)12-9-7-8-10-13(12)21(18,19)16-15/h7-10H,5-6H2,1-4H3. The highest BCUT2D eigenvalue weighted by molar-refractivity contribution is 8.07. The third-order valence-electron chi connectivity index (χ3n) is 3.56. The van der Waals surface area contributed by atoms with Crippen molar-refractivity contribution in [3.8, 4) is 0 Å². The van der Waals surface area contributed by atoms with Crippen LogP contribution in [0.15, 0.2) is 39.1 Å². The first-order chi connectivity index (χ1) is 9.96. The fraction of sp³-hybridized carbons (Fsp3) is 0.400. The summed E-state index contributed by atoms with van der Waals surface area (Å²) in [6.45, 7) is 7.40. The number of hydrogen-bond acceptors (Lipinski definition) is 4. The summed E-state index contributed by atoms with van der Waals surface area (Å²) >= 11 is 1.56. The maximum Gasteiger partial charge on any atom is 0.284 e. The molecule has 0 fully saturated rings. The monoisotopic (exact) mass is 324 g/mol. The quantitative estimate of drug-likeness (QED) is 0.856. The minimum Gasteiger partial charge on any atom is -0.356 e. The zero-order valence-corrected chi connectivity index (χ0v) is 14.4. The second-order valence-corrected chi connectivity index (χ2v) is 7.11. The number of benzene rings is 1. The molecule has 21 heavy (non-hydrogen) atoms. The van der Waals surface area contributed by atoms with Crippen molar-refractivity contribution in [2.75, 3.05) is 19.3 Å². The molecule has 0 bridgehead atoms. The van der Waals surface area contributed by atoms with Gasteiger partial charge in [-0.15, -0.1) is 16.2 Å². The van der Waals surface area contributed by atoms with Crippen LogP contribution in [0.25, 0.3) is 4.91 Å². The van der Waals surface area contributed by atoms with Crippen molar-refractivity contribution in [1.29, 1.82) is 0 Å². The largest absolute Gasteiger partial charge is 0.356 e. The van der Waals surface area contributed by atoms with Gasteiger partial charge in [-0.25, -0.2) is 0 Å². The third kappa shape index (κ3) is 2.87. The molecule has 6 heteroatoms. The van der Waals surface area contributed by atoms with Gasteiger partial charge in [0.2, 0.25) is 0 Å². The predicted molar refractivity (Wildman–Crippen MR) is 90.1 cm³/mol. The predicted octanol–water partition coefficient (Wildman–Crippen LogP) is 3.22. The molecule has 1 aliphatic rings. The first kappa shape index (κ1) is 16.1. The van der Waals surface area contributed by atoms with Crippen molar-refractivity contribution in [2.24, 2.45) is 4.40 Å². The molecule has 0 radical (unpaired) electrons. The molecule has 4 nitrogen and oxygen atoms in total. The zero-order valence-electron chi connectivity index (χ0n) is 12.8. The Kier molecular flexibility index (Phi) is 4.78. The van der Waals surface area contributed by atoms with Crippen LogP contribution in [0.4, 0.5) is 0 Å². The Bertz CT molecular complexity index is 702. The number of likely N-dealkylation sites (N-methyl/N-ethyl adjacent to an activating group) is 1. The van der Waals surface area contributed by atoms with Gasteiger partial charge < -0.3 is 4.90 Å². The summed E-state index contributed by atoms with van der Waals surface area (Å²) in [7, 11) is -3.68. The van der Waals surface area contributed by atoms with E-state index in [4.69, 9.17) is 0 Å². The van der Waals surface area contributed by atoms with Crippen molar-refractivity contribution in [1.82, 2.24) is 4.90 Å². The summed E-state index contributed by atoms with van der Waals surface area (Å²) in [6, 6.07) is 7.08. The van der Waals surface area contributed by atoms with Crippen LogP contribution in [-0.4, -0.2) is 38.5 Å². The van der Waals surface area contributed by atoms with E-state index < -0.39 is 10.0 Å². The maximum absolute atomic E-state index is 12.6. The number of amidine groups is 1. The van der Waals surface area contributed by atoms with Gasteiger partial charge in [-0.2, -0.15) is 8.42 Å². The van der Waals surface area contributed by atoms with Gasteiger partial charge in [0.1, 0.15) is 5.84 Å². The number of rotatable bonds is 3. The van der Waals surface area contributed by atoms with E-state index in [1.165, 1.54) is 0 Å². The average Bonchev–Trinajstić information content (AvgIpc) is 2.55. The molecule has 1 aliphatic heterocycles. The average molecular weight is 324 g/mol. The van der Waals surface area contributed by atoms with Crippen LogP contribution >= 0.6 is 11.8 Å². The highest BCUT2D eigenvalue weighted by Gasteiger charge is 2.28. The van der Waals surface area contributed by atoms with Crippen LogP contribution in [0.1, 0.15) is 26.3 Å². The number of sulfonamides is 1. The van der Waals surface area contributed by atoms with E-state index in [-0.39, 0.29) is 4.90 Å². The molecule has 0 aliphatic carbocycles. The van der Waals surface area contributed by atoms with Crippen molar-refractivity contribution < 1.29 is 8.42 Å². The zero-order chi connectivity index (χ0) is 15.6. The number of hydrogen-bond donors (Lipinski definition) is 0. The van der Waals surface area contributed by atoms with Crippen molar-refractivity contribution in [3.05, 3.63) is 35.4 Å². The van der Waals surface area contributed by atoms with Crippen LogP contribution in [0.3, 0.4) is 0 Å². The van der Waals surface area contributed by atoms with Crippen molar-refractivity contribution >= 4 is 32.5 Å². The van der Waals surface area contributed by atoms with E-state index in [0.717, 1.165) is 29.1 Å². The summed E-state index contributed by atoms with van der Waals surface area (Å²) in [5.74, 6) is 0.556. The molecule has 0 atom stereocenters. The highest BCUT2D eigenvalue weighted by atomic mass is 32.2. The molecule has 0 N–H and O–H groups in total. The summed E-state index contributed by atoms with van der Waals surface area (Å²) in [5, 5.41) is 0. The van der Waals surface area contributed by atoms with Gasteiger partial charge in [-0.05, 0) is 33.1 Å². The van der Waals surface area contributed by atoms with E-state index in [2.05, 4.69) is 4.40 Å². The summed E-state index contributed by atoms with van der Waals surface area (Å²) in [6.07, 6.45) is 1.97. The molecular weight excluding hydrogens is 304 g/mol. The number of nitrogens with zero attached hydrogens (tertiary/aromatic N) is 2. The SMILES string of the molecule is CCN(CC)C1=NS(=O)(=O)c2ccccc2C(SC)=C1C. The molecular formula is C15H20N2O2S2. The van der Waals surface area contributed by atoms with Gasteiger partial charge in [0, 0.05) is 29.1 Å². The molecule has 0 saturated carbocycles. The van der Waals surface area contributed by atoms with Gasteiger partial charge in [0.15, 0.2) is 0 Å². The molecule has 0 aromatic heterocycles. The van der Waals surface area contributed by atoms with E-state index in [9.17, 15) is 8.42 Å².